The van der Waals surface area contributed by atoms with Crippen LogP contribution in [-0.4, -0.2) is 45.0 Å². The maximum atomic E-state index is 13.7. The molecule has 8 heteroatoms. The summed E-state index contributed by atoms with van der Waals surface area (Å²) < 4.78 is 18.9. The maximum Gasteiger partial charge on any atom is 0.304 e. The standard InChI is InChI=1S/C25H23FN4O3/c1-16-3-5-18(6-4-16)24-22(13-27-14-29-24)25(32)30(15-33-17(2)31)10-9-19-12-28-23-8-7-20(26)11-21(19)23/h3-8,11-14,28H,9-10,15H2,1-2H3. The number of aryl methyl sites for hydroxylation is 1. The first-order chi connectivity index (χ1) is 15.9. The summed E-state index contributed by atoms with van der Waals surface area (Å²) in [5.41, 5.74) is 4.34. The van der Waals surface area contributed by atoms with Crippen LogP contribution in [0.1, 0.15) is 28.4 Å². The number of hydrogen-bond donors (Lipinski definition) is 1. The minimum Gasteiger partial charge on any atom is -0.444 e. The fourth-order valence-electron chi connectivity index (χ4n) is 3.60. The summed E-state index contributed by atoms with van der Waals surface area (Å²) in [5.74, 6) is -1.19. The predicted octanol–water partition coefficient (Wildman–Crippen LogP) is 4.28. The van der Waals surface area contributed by atoms with E-state index in [0.29, 0.717) is 17.7 Å². The highest BCUT2D eigenvalue weighted by molar-refractivity contribution is 5.99. The Hall–Kier alpha value is -4.07. The van der Waals surface area contributed by atoms with Crippen molar-refractivity contribution in [1.29, 1.82) is 0 Å². The number of H-pyrrole nitrogens is 1. The van der Waals surface area contributed by atoms with Crippen molar-refractivity contribution < 1.29 is 18.7 Å². The molecule has 0 saturated heterocycles. The molecule has 0 aliphatic carbocycles. The van der Waals surface area contributed by atoms with Crippen molar-refractivity contribution in [2.45, 2.75) is 20.3 Å². The van der Waals surface area contributed by atoms with Gasteiger partial charge in [-0.15, -0.1) is 0 Å². The Morgan fingerprint density at radius 1 is 1.15 bits per heavy atom. The van der Waals surface area contributed by atoms with E-state index < -0.39 is 5.97 Å². The number of rotatable bonds is 7. The molecule has 7 nitrogen and oxygen atoms in total. The Morgan fingerprint density at radius 3 is 2.70 bits per heavy atom. The first-order valence-electron chi connectivity index (χ1n) is 10.5. The number of amides is 1. The zero-order valence-corrected chi connectivity index (χ0v) is 18.3. The minimum absolute atomic E-state index is 0.215. The lowest BCUT2D eigenvalue weighted by Crippen LogP contribution is -2.36. The summed E-state index contributed by atoms with van der Waals surface area (Å²) in [5, 5.41) is 0.748. The number of ether oxygens (including phenoxy) is 1. The molecule has 1 amide bonds. The molecule has 2 heterocycles. The molecule has 168 valence electrons. The molecule has 0 spiro atoms. The quantitative estimate of drug-likeness (QED) is 0.338. The van der Waals surface area contributed by atoms with E-state index in [9.17, 15) is 14.0 Å². The van der Waals surface area contributed by atoms with Crippen LogP contribution < -0.4 is 0 Å². The number of carbonyl (C=O) groups excluding carboxylic acids is 2. The number of fused-ring (bicyclic) bond motifs is 1. The van der Waals surface area contributed by atoms with E-state index in [-0.39, 0.29) is 25.0 Å². The van der Waals surface area contributed by atoms with Gasteiger partial charge in [-0.3, -0.25) is 9.59 Å². The van der Waals surface area contributed by atoms with Crippen molar-refractivity contribution in [3.05, 3.63) is 83.7 Å². The van der Waals surface area contributed by atoms with E-state index in [1.54, 1.807) is 12.3 Å². The molecule has 0 fully saturated rings. The fourth-order valence-corrected chi connectivity index (χ4v) is 3.60. The van der Waals surface area contributed by atoms with E-state index in [1.807, 2.05) is 31.2 Å². The van der Waals surface area contributed by atoms with Gasteiger partial charge in [-0.25, -0.2) is 14.4 Å². The first-order valence-corrected chi connectivity index (χ1v) is 10.5. The molecule has 2 aromatic carbocycles. The van der Waals surface area contributed by atoms with Gasteiger partial charge in [0, 0.05) is 42.3 Å². The lowest BCUT2D eigenvalue weighted by molar-refractivity contribution is -0.144. The number of hydrogen-bond acceptors (Lipinski definition) is 5. The molecule has 0 atom stereocenters. The molecule has 0 aliphatic rings. The van der Waals surface area contributed by atoms with Gasteiger partial charge in [0.1, 0.15) is 12.1 Å². The van der Waals surface area contributed by atoms with E-state index in [2.05, 4.69) is 15.0 Å². The van der Waals surface area contributed by atoms with E-state index >= 15 is 0 Å². The minimum atomic E-state index is -0.495. The topological polar surface area (TPSA) is 88.2 Å². The molecular formula is C25H23FN4O3. The highest BCUT2D eigenvalue weighted by Gasteiger charge is 2.22. The lowest BCUT2D eigenvalue weighted by Gasteiger charge is -2.23. The maximum absolute atomic E-state index is 13.7. The van der Waals surface area contributed by atoms with Crippen molar-refractivity contribution in [1.82, 2.24) is 19.9 Å². The average molecular weight is 446 g/mol. The van der Waals surface area contributed by atoms with Crippen molar-refractivity contribution in [2.24, 2.45) is 0 Å². The Bertz CT molecular complexity index is 1300. The van der Waals surface area contributed by atoms with Crippen LogP contribution in [0.3, 0.4) is 0 Å². The van der Waals surface area contributed by atoms with Crippen LogP contribution in [0.25, 0.3) is 22.2 Å². The number of esters is 1. The second-order valence-electron chi connectivity index (χ2n) is 7.74. The smallest absolute Gasteiger partial charge is 0.304 e. The highest BCUT2D eigenvalue weighted by Crippen LogP contribution is 2.24. The molecule has 0 aliphatic heterocycles. The van der Waals surface area contributed by atoms with Crippen molar-refractivity contribution in [3.63, 3.8) is 0 Å². The first kappa shape index (κ1) is 22.1. The van der Waals surface area contributed by atoms with Gasteiger partial charge in [0.25, 0.3) is 5.91 Å². The molecule has 4 rings (SSSR count). The molecule has 1 N–H and O–H groups in total. The number of nitrogens with one attached hydrogen (secondary N) is 1. The summed E-state index contributed by atoms with van der Waals surface area (Å²) in [6, 6.07) is 12.2. The normalized spacial score (nSPS) is 10.9. The zero-order valence-electron chi connectivity index (χ0n) is 18.3. The number of benzene rings is 2. The lowest BCUT2D eigenvalue weighted by atomic mass is 10.0. The van der Waals surface area contributed by atoms with Gasteiger partial charge in [0.05, 0.1) is 11.3 Å². The SMILES string of the molecule is CC(=O)OCN(CCc1c[nH]c2ccc(F)cc12)C(=O)c1cncnc1-c1ccc(C)cc1. The molecule has 0 bridgehead atoms. The van der Waals surface area contributed by atoms with E-state index in [0.717, 1.165) is 27.6 Å². The van der Waals surface area contributed by atoms with Gasteiger partial charge in [0.2, 0.25) is 0 Å². The van der Waals surface area contributed by atoms with Crippen molar-refractivity contribution in [2.75, 3.05) is 13.3 Å². The molecule has 0 saturated carbocycles. The summed E-state index contributed by atoms with van der Waals surface area (Å²) in [6.07, 6.45) is 5.08. The van der Waals surface area contributed by atoms with Gasteiger partial charge in [-0.1, -0.05) is 29.8 Å². The summed E-state index contributed by atoms with van der Waals surface area (Å²) in [4.78, 5) is 37.8. The van der Waals surface area contributed by atoms with Gasteiger partial charge in [-0.2, -0.15) is 0 Å². The fraction of sp³-hybridized carbons (Fsp3) is 0.200. The third kappa shape index (κ3) is 5.06. The van der Waals surface area contributed by atoms with E-state index in [1.165, 1.54) is 36.5 Å². The summed E-state index contributed by atoms with van der Waals surface area (Å²) in [6.45, 7) is 3.30. The third-order valence-electron chi connectivity index (χ3n) is 5.36. The van der Waals surface area contributed by atoms with Crippen LogP contribution >= 0.6 is 0 Å². The highest BCUT2D eigenvalue weighted by atomic mass is 19.1. The predicted molar refractivity (Wildman–Crippen MR) is 122 cm³/mol. The Labute approximate surface area is 190 Å². The Balaban J connectivity index is 1.62. The number of carbonyl (C=O) groups is 2. The Morgan fingerprint density at radius 2 is 1.94 bits per heavy atom. The van der Waals surface area contributed by atoms with Gasteiger partial charge < -0.3 is 14.6 Å². The van der Waals surface area contributed by atoms with Crippen LogP contribution in [0.4, 0.5) is 4.39 Å². The Kier molecular flexibility index (Phi) is 6.44. The van der Waals surface area contributed by atoms with E-state index in [4.69, 9.17) is 4.74 Å². The number of aromatic nitrogens is 3. The summed E-state index contributed by atoms with van der Waals surface area (Å²) >= 11 is 0. The van der Waals surface area contributed by atoms with Crippen LogP contribution in [0.5, 0.6) is 0 Å². The van der Waals surface area contributed by atoms with Crippen molar-refractivity contribution >= 4 is 22.8 Å². The molecule has 0 unspecified atom stereocenters. The number of halogens is 1. The van der Waals surface area contributed by atoms with Crippen molar-refractivity contribution in [3.8, 4) is 11.3 Å². The zero-order chi connectivity index (χ0) is 23.4. The van der Waals surface area contributed by atoms with Crippen LogP contribution in [0.2, 0.25) is 0 Å². The van der Waals surface area contributed by atoms with Gasteiger partial charge in [0.15, 0.2) is 6.73 Å². The summed E-state index contributed by atoms with van der Waals surface area (Å²) in [7, 11) is 0. The van der Waals surface area contributed by atoms with Crippen LogP contribution in [0, 0.1) is 12.7 Å². The largest absolute Gasteiger partial charge is 0.444 e. The molecule has 4 aromatic rings. The number of nitrogens with zero attached hydrogens (tertiary/aromatic N) is 3. The third-order valence-corrected chi connectivity index (χ3v) is 5.36. The van der Waals surface area contributed by atoms with Gasteiger partial charge >= 0.3 is 5.97 Å². The van der Waals surface area contributed by atoms with Gasteiger partial charge in [-0.05, 0) is 37.1 Å². The molecular weight excluding hydrogens is 423 g/mol. The molecule has 0 radical (unpaired) electrons. The average Bonchev–Trinajstić information content (AvgIpc) is 3.21. The number of aromatic amines is 1. The second-order valence-corrected chi connectivity index (χ2v) is 7.74. The van der Waals surface area contributed by atoms with Crippen LogP contribution in [-0.2, 0) is 16.0 Å². The molecule has 2 aromatic heterocycles. The monoisotopic (exact) mass is 446 g/mol. The van der Waals surface area contributed by atoms with Crippen LogP contribution in [0.15, 0.2) is 61.2 Å². The second kappa shape index (κ2) is 9.60. The molecule has 33 heavy (non-hydrogen) atoms.